The Hall–Kier alpha value is -0.280. The van der Waals surface area contributed by atoms with E-state index in [0.717, 1.165) is 124 Å². The minimum atomic E-state index is 0.387. The van der Waals surface area contributed by atoms with Crippen LogP contribution in [0.2, 0.25) is 0 Å². The highest BCUT2D eigenvalue weighted by molar-refractivity contribution is 5.12. The number of hydrogen-bond acceptors (Lipinski definition) is 7. The molecule has 9 saturated heterocycles. The van der Waals surface area contributed by atoms with Crippen molar-refractivity contribution >= 4 is 0 Å². The number of likely N-dealkylation sites (tertiary alicyclic amines) is 5. The van der Waals surface area contributed by atoms with Crippen LogP contribution in [-0.4, -0.2) is 163 Å². The molecule has 0 radical (unpaired) electrons. The zero-order valence-electron chi connectivity index (χ0n) is 83.4. The summed E-state index contributed by atoms with van der Waals surface area (Å²) in [4.78, 5) is 19.1. The van der Waals surface area contributed by atoms with E-state index >= 15 is 0 Å². The molecule has 0 aromatic rings. The SMILES string of the molecule is CC(C)(C)C1C2CCCC1CC2.CC(C)(C)C1C2CCCC1CC2.CC(C)(C)N1CC2CCC1C2.CC(C)(C)N1CC2CCC1CC2.CC(C)(C)N1CC2CCCC(CC2)C1.CC(C)(C)N1CC2CCCC(CC2)C1.CC(C)(C)N1CCC2CCC1CC2.CC(C)(C)N1CCC2CCCC1C2.CC(C)(C)N1CCC2CCCC23CC3C1. The lowest BCUT2D eigenvalue weighted by atomic mass is 9.66. The predicted molar refractivity (Wildman–Crippen MR) is 506 cm³/mol. The number of rotatable bonds is 0. The first-order chi connectivity index (χ1) is 54.1. The highest BCUT2D eigenvalue weighted by Gasteiger charge is 2.62. The summed E-state index contributed by atoms with van der Waals surface area (Å²) >= 11 is 0. The molecule has 116 heavy (non-hydrogen) atoms. The van der Waals surface area contributed by atoms with E-state index in [1.165, 1.54) is 322 Å². The first-order valence-electron chi connectivity index (χ1n) is 52.4. The smallest absolute Gasteiger partial charge is 0.0128 e. The molecule has 7 nitrogen and oxygen atoms in total. The molecular weight excluding hydrogens is 1410 g/mol. The predicted octanol–water partition coefficient (Wildman–Crippen LogP) is 28.6. The molecule has 16 bridgehead atoms. The van der Waals surface area contributed by atoms with E-state index in [9.17, 15) is 0 Å². The van der Waals surface area contributed by atoms with Gasteiger partial charge in [-0.25, -0.2) is 0 Å². The third-order valence-electron chi connectivity index (χ3n) is 36.4. The molecule has 21 rings (SSSR count). The van der Waals surface area contributed by atoms with Crippen LogP contribution in [-0.2, 0) is 0 Å². The highest BCUT2D eigenvalue weighted by Crippen LogP contribution is 2.68. The summed E-state index contributed by atoms with van der Waals surface area (Å²) in [6.45, 7) is 77.9. The van der Waals surface area contributed by atoms with Gasteiger partial charge in [0.2, 0.25) is 0 Å². The quantitative estimate of drug-likeness (QED) is 0.238. The summed E-state index contributed by atoms with van der Waals surface area (Å²) in [6, 6.07) is 3.65. The molecular formula is C109H205N7. The summed E-state index contributed by atoms with van der Waals surface area (Å²) < 4.78 is 0. The van der Waals surface area contributed by atoms with Crippen LogP contribution in [0.3, 0.4) is 0 Å². The summed E-state index contributed by atoms with van der Waals surface area (Å²) in [5.41, 5.74) is 4.78. The molecule has 0 aromatic carbocycles. The molecule has 7 heteroatoms. The standard InChI is InChI=1S/C14H25N.2C13H25N.2C12H23N.2C12H22.C11H21N.C10H19N/c1-13(2,3)15-8-6-11-5-4-7-14(11)9-12(14)10-15;2*1-13(2,3)14-9-11-5-4-6-12(10-14)8-7-11;1-12(2,3)13-9-8-10-4-6-11(13)7-5-10;1-12(2,3)13-8-7-10-5-4-6-11(13)9-10;2*1-12(2,3)11-9-5-4-6-10(11)8-7-9;1-11(2,3)12-8-9-4-6-10(12)7-5-9;1-10(2,3)11-7-8-4-5-9(11)6-8/h11-12H,4-10H2,1-3H3;2*11-12H,4-10H2,1-3H3;2*10-11H,4-9H2,1-3H3;2*9-11H,4-8H2,1-3H3;9-10H,4-8H2,1-3H3;8-9H,4-7H2,1-3H3. The van der Waals surface area contributed by atoms with Crippen molar-refractivity contribution in [1.29, 1.82) is 0 Å². The van der Waals surface area contributed by atoms with Crippen molar-refractivity contribution in [2.24, 2.45) is 111 Å². The van der Waals surface area contributed by atoms with E-state index in [-0.39, 0.29) is 0 Å². The second-order valence-corrected chi connectivity index (χ2v) is 53.9. The third-order valence-corrected chi connectivity index (χ3v) is 36.4. The zero-order valence-corrected chi connectivity index (χ0v) is 83.4. The molecule has 21 aliphatic rings. The van der Waals surface area contributed by atoms with Crippen molar-refractivity contribution < 1.29 is 0 Å². The molecule has 9 aliphatic heterocycles. The Labute approximate surface area is 725 Å². The van der Waals surface area contributed by atoms with Gasteiger partial charge >= 0.3 is 0 Å². The van der Waals surface area contributed by atoms with Crippen LogP contribution < -0.4 is 0 Å². The van der Waals surface area contributed by atoms with Crippen LogP contribution in [0.25, 0.3) is 0 Å². The van der Waals surface area contributed by atoms with Crippen LogP contribution in [0, 0.1) is 111 Å². The van der Waals surface area contributed by atoms with Gasteiger partial charge in [-0.15, -0.1) is 0 Å². The Morgan fingerprint density at radius 1 is 0.207 bits per heavy atom. The van der Waals surface area contributed by atoms with Crippen molar-refractivity contribution in [3.8, 4) is 0 Å². The molecule has 21 fully saturated rings. The van der Waals surface area contributed by atoms with E-state index in [1.807, 2.05) is 0 Å². The maximum Gasteiger partial charge on any atom is 0.0128 e. The van der Waals surface area contributed by atoms with Crippen LogP contribution >= 0.6 is 0 Å². The van der Waals surface area contributed by atoms with E-state index in [4.69, 9.17) is 0 Å². The largest absolute Gasteiger partial charge is 0.298 e. The van der Waals surface area contributed by atoms with Gasteiger partial charge in [0.25, 0.3) is 0 Å². The molecule has 0 aromatic heterocycles. The number of piperidine rings is 4. The van der Waals surface area contributed by atoms with Crippen LogP contribution in [0.1, 0.15) is 457 Å². The van der Waals surface area contributed by atoms with Crippen molar-refractivity contribution in [3.05, 3.63) is 0 Å². The fraction of sp³-hybridized carbons (Fsp3) is 1.00. The minimum absolute atomic E-state index is 0.387. The Kier molecular flexibility index (Phi) is 33.2. The third kappa shape index (κ3) is 26.5. The summed E-state index contributed by atoms with van der Waals surface area (Å²) in [5, 5.41) is 0. The molecule has 0 amide bonds. The summed E-state index contributed by atoms with van der Waals surface area (Å²) in [7, 11) is 0. The molecule has 12 saturated carbocycles. The lowest BCUT2D eigenvalue weighted by Crippen LogP contribution is -2.56. The van der Waals surface area contributed by atoms with Gasteiger partial charge in [0.15, 0.2) is 0 Å². The van der Waals surface area contributed by atoms with Crippen LogP contribution in [0.4, 0.5) is 0 Å². The topological polar surface area (TPSA) is 22.7 Å². The Morgan fingerprint density at radius 2 is 0.526 bits per heavy atom. The number of hydrogen-bond donors (Lipinski definition) is 0. The zero-order chi connectivity index (χ0) is 84.4. The van der Waals surface area contributed by atoms with E-state index in [1.54, 1.807) is 12.8 Å². The van der Waals surface area contributed by atoms with Gasteiger partial charge in [-0.05, 0) is 475 Å². The van der Waals surface area contributed by atoms with Gasteiger partial charge in [0, 0.05) is 109 Å². The fourth-order valence-corrected chi connectivity index (χ4v) is 30.2. The van der Waals surface area contributed by atoms with E-state index < -0.39 is 0 Å². The van der Waals surface area contributed by atoms with Gasteiger partial charge in [-0.3, -0.25) is 34.3 Å². The molecule has 676 valence electrons. The monoisotopic (exact) mass is 1610 g/mol. The molecule has 15 atom stereocenters. The maximum atomic E-state index is 2.75. The van der Waals surface area contributed by atoms with Gasteiger partial charge < -0.3 is 0 Å². The summed E-state index contributed by atoms with van der Waals surface area (Å²) in [5.74, 6) is 16.8. The number of fused-ring (bicyclic) bond motifs is 21. The van der Waals surface area contributed by atoms with Gasteiger partial charge in [-0.1, -0.05) is 112 Å². The van der Waals surface area contributed by atoms with Crippen molar-refractivity contribution in [3.63, 3.8) is 0 Å². The van der Waals surface area contributed by atoms with Crippen molar-refractivity contribution in [2.45, 2.75) is 520 Å². The lowest BCUT2D eigenvalue weighted by molar-refractivity contribution is -0.0163. The average molecular weight is 1610 g/mol. The van der Waals surface area contributed by atoms with Crippen LogP contribution in [0.15, 0.2) is 0 Å². The Morgan fingerprint density at radius 3 is 0.888 bits per heavy atom. The van der Waals surface area contributed by atoms with Crippen LogP contribution in [0.5, 0.6) is 0 Å². The van der Waals surface area contributed by atoms with Gasteiger partial charge in [-0.2, -0.15) is 0 Å². The Balaban J connectivity index is 0.000000128. The molecule has 12 aliphatic carbocycles. The van der Waals surface area contributed by atoms with Crippen molar-refractivity contribution in [1.82, 2.24) is 34.3 Å². The lowest BCUT2D eigenvalue weighted by Gasteiger charge is -2.51. The van der Waals surface area contributed by atoms with Crippen molar-refractivity contribution in [2.75, 3.05) is 65.4 Å². The average Bonchev–Trinajstić information content (AvgIpc) is 1.55. The normalized spacial score (nSPS) is 38.7. The minimum Gasteiger partial charge on any atom is -0.298 e. The fourth-order valence-electron chi connectivity index (χ4n) is 30.2. The highest BCUT2D eigenvalue weighted by atomic mass is 15.3. The molecule has 9 heterocycles. The molecule has 0 N–H and O–H groups in total. The van der Waals surface area contributed by atoms with E-state index in [2.05, 4.69) is 221 Å². The first kappa shape index (κ1) is 96.4. The second kappa shape index (κ2) is 39.9. The van der Waals surface area contributed by atoms with E-state index in [0.29, 0.717) is 49.6 Å². The molecule has 15 unspecified atom stereocenters. The van der Waals surface area contributed by atoms with Gasteiger partial charge in [0.05, 0.1) is 0 Å². The second-order valence-electron chi connectivity index (χ2n) is 53.9. The van der Waals surface area contributed by atoms with Gasteiger partial charge in [0.1, 0.15) is 0 Å². The maximum absolute atomic E-state index is 2.75. The molecule has 1 spiro atoms. The summed E-state index contributed by atoms with van der Waals surface area (Å²) in [6.07, 6.45) is 63.0. The number of nitrogens with zero attached hydrogens (tertiary/aromatic N) is 7. The first-order valence-corrected chi connectivity index (χ1v) is 52.4. The Bertz CT molecular complexity index is 2720.